The molecule has 1 fully saturated rings. The van der Waals surface area contributed by atoms with Crippen molar-refractivity contribution in [2.75, 3.05) is 6.54 Å². The molecule has 1 unspecified atom stereocenters. The van der Waals surface area contributed by atoms with Gasteiger partial charge in [-0.05, 0) is 18.4 Å². The van der Waals surface area contributed by atoms with Gasteiger partial charge in [0, 0.05) is 25.1 Å². The average molecular weight is 260 g/mol. The number of amides is 1. The quantitative estimate of drug-likeness (QED) is 0.835. The molecule has 0 aromatic heterocycles. The fourth-order valence-corrected chi connectivity index (χ4v) is 2.60. The van der Waals surface area contributed by atoms with Gasteiger partial charge in [-0.2, -0.15) is 5.26 Å². The van der Waals surface area contributed by atoms with Gasteiger partial charge in [0.1, 0.15) is 11.9 Å². The fraction of sp³-hybridized carbons (Fsp3) is 0.467. The molecule has 1 amide bonds. The van der Waals surface area contributed by atoms with Crippen LogP contribution in [0.2, 0.25) is 0 Å². The van der Waals surface area contributed by atoms with Crippen molar-refractivity contribution >= 4 is 5.91 Å². The number of halogens is 1. The Kier molecular flexibility index (Phi) is 4.16. The van der Waals surface area contributed by atoms with Crippen LogP contribution < -0.4 is 0 Å². The van der Waals surface area contributed by atoms with Crippen LogP contribution in [-0.2, 0) is 11.3 Å². The number of hydrogen-bond acceptors (Lipinski definition) is 2. The van der Waals surface area contributed by atoms with Crippen LogP contribution in [0.1, 0.15) is 37.3 Å². The number of carbonyl (C=O) groups is 1. The van der Waals surface area contributed by atoms with Crippen LogP contribution in [0, 0.1) is 23.1 Å². The molecule has 1 atom stereocenters. The standard InChI is InChI=1S/C15H17FN2O/c1-2-4-11-7-14(19)18(9-11)10-13-6-3-5-12(8-17)15(13)16/h3,5-6,11H,2,4,7,9-10H2,1H3. The first-order valence-corrected chi connectivity index (χ1v) is 6.61. The minimum atomic E-state index is -0.503. The van der Waals surface area contributed by atoms with E-state index in [4.69, 9.17) is 5.26 Å². The molecule has 0 aliphatic carbocycles. The van der Waals surface area contributed by atoms with Crippen molar-refractivity contribution in [2.24, 2.45) is 5.92 Å². The van der Waals surface area contributed by atoms with Gasteiger partial charge in [-0.25, -0.2) is 4.39 Å². The monoisotopic (exact) mass is 260 g/mol. The van der Waals surface area contributed by atoms with Crippen molar-refractivity contribution in [2.45, 2.75) is 32.7 Å². The molecule has 0 radical (unpaired) electrons. The minimum absolute atomic E-state index is 0.0363. The number of nitrogens with zero attached hydrogens (tertiary/aromatic N) is 2. The first-order chi connectivity index (χ1) is 9.15. The highest BCUT2D eigenvalue weighted by atomic mass is 19.1. The van der Waals surface area contributed by atoms with E-state index in [2.05, 4.69) is 6.92 Å². The zero-order valence-corrected chi connectivity index (χ0v) is 11.0. The Hall–Kier alpha value is -1.89. The summed E-state index contributed by atoms with van der Waals surface area (Å²) in [5.41, 5.74) is 0.457. The molecule has 0 spiro atoms. The minimum Gasteiger partial charge on any atom is -0.338 e. The number of nitriles is 1. The van der Waals surface area contributed by atoms with E-state index in [-0.39, 0.29) is 18.0 Å². The second-order valence-corrected chi connectivity index (χ2v) is 5.02. The van der Waals surface area contributed by atoms with E-state index in [1.807, 2.05) is 6.07 Å². The van der Waals surface area contributed by atoms with Crippen LogP contribution in [0.3, 0.4) is 0 Å². The summed E-state index contributed by atoms with van der Waals surface area (Å²) in [5, 5.41) is 8.80. The Morgan fingerprint density at radius 3 is 3.00 bits per heavy atom. The molecule has 1 heterocycles. The number of likely N-dealkylation sites (tertiary alicyclic amines) is 1. The molecule has 1 aromatic carbocycles. The maximum atomic E-state index is 13.9. The number of rotatable bonds is 4. The molecule has 100 valence electrons. The van der Waals surface area contributed by atoms with E-state index in [0.717, 1.165) is 12.8 Å². The second-order valence-electron chi connectivity index (χ2n) is 5.02. The van der Waals surface area contributed by atoms with Crippen molar-refractivity contribution in [3.8, 4) is 6.07 Å². The van der Waals surface area contributed by atoms with Crippen molar-refractivity contribution in [3.63, 3.8) is 0 Å². The summed E-state index contributed by atoms with van der Waals surface area (Å²) >= 11 is 0. The van der Waals surface area contributed by atoms with Crippen LogP contribution in [0.5, 0.6) is 0 Å². The molecule has 1 aliphatic heterocycles. The predicted molar refractivity (Wildman–Crippen MR) is 69.5 cm³/mol. The van der Waals surface area contributed by atoms with Crippen LogP contribution >= 0.6 is 0 Å². The summed E-state index contributed by atoms with van der Waals surface area (Å²) < 4.78 is 13.9. The summed E-state index contributed by atoms with van der Waals surface area (Å²) in [6.07, 6.45) is 2.65. The highest BCUT2D eigenvalue weighted by Gasteiger charge is 2.29. The maximum Gasteiger partial charge on any atom is 0.223 e. The first-order valence-electron chi connectivity index (χ1n) is 6.61. The first kappa shape index (κ1) is 13.5. The van der Waals surface area contributed by atoms with Crippen molar-refractivity contribution < 1.29 is 9.18 Å². The number of carbonyl (C=O) groups excluding carboxylic acids is 1. The van der Waals surface area contributed by atoms with Crippen molar-refractivity contribution in [3.05, 3.63) is 35.1 Å². The molecular weight excluding hydrogens is 243 g/mol. The lowest BCUT2D eigenvalue weighted by molar-refractivity contribution is -0.128. The zero-order chi connectivity index (χ0) is 13.8. The summed E-state index contributed by atoms with van der Waals surface area (Å²) in [5.74, 6) is -0.0309. The third-order valence-electron chi connectivity index (χ3n) is 3.55. The molecular formula is C15H17FN2O. The third-order valence-corrected chi connectivity index (χ3v) is 3.55. The van der Waals surface area contributed by atoms with E-state index in [1.54, 1.807) is 17.0 Å². The predicted octanol–water partition coefficient (Wildman–Crippen LogP) is 2.85. The Morgan fingerprint density at radius 1 is 1.53 bits per heavy atom. The van der Waals surface area contributed by atoms with E-state index < -0.39 is 5.82 Å². The smallest absolute Gasteiger partial charge is 0.223 e. The summed E-state index contributed by atoms with van der Waals surface area (Å²) in [6.45, 7) is 3.06. The molecule has 2 rings (SSSR count). The zero-order valence-electron chi connectivity index (χ0n) is 11.0. The molecule has 4 heteroatoms. The Balaban J connectivity index is 2.10. The Bertz CT molecular complexity index is 521. The molecule has 3 nitrogen and oxygen atoms in total. The van der Waals surface area contributed by atoms with Crippen LogP contribution in [0.15, 0.2) is 18.2 Å². The van der Waals surface area contributed by atoms with E-state index in [1.165, 1.54) is 6.07 Å². The van der Waals surface area contributed by atoms with E-state index in [0.29, 0.717) is 24.4 Å². The molecule has 0 bridgehead atoms. The summed E-state index contributed by atoms with van der Waals surface area (Å²) in [6, 6.07) is 6.56. The normalized spacial score (nSPS) is 18.7. The highest BCUT2D eigenvalue weighted by Crippen LogP contribution is 2.24. The van der Waals surface area contributed by atoms with Gasteiger partial charge < -0.3 is 4.90 Å². The summed E-state index contributed by atoms with van der Waals surface area (Å²) in [4.78, 5) is 13.6. The molecule has 1 aliphatic rings. The fourth-order valence-electron chi connectivity index (χ4n) is 2.60. The van der Waals surface area contributed by atoms with Gasteiger partial charge in [0.05, 0.1) is 5.56 Å². The van der Waals surface area contributed by atoms with Gasteiger partial charge in [0.15, 0.2) is 0 Å². The molecule has 19 heavy (non-hydrogen) atoms. The van der Waals surface area contributed by atoms with Gasteiger partial charge in [-0.3, -0.25) is 4.79 Å². The highest BCUT2D eigenvalue weighted by molar-refractivity contribution is 5.78. The van der Waals surface area contributed by atoms with E-state index >= 15 is 0 Å². The van der Waals surface area contributed by atoms with Crippen molar-refractivity contribution in [1.29, 1.82) is 5.26 Å². The number of benzene rings is 1. The topological polar surface area (TPSA) is 44.1 Å². The SMILES string of the molecule is CCCC1CC(=O)N(Cc2cccc(C#N)c2F)C1. The second kappa shape index (κ2) is 5.83. The molecule has 0 N–H and O–H groups in total. The van der Waals surface area contributed by atoms with E-state index in [9.17, 15) is 9.18 Å². The van der Waals surface area contributed by atoms with Crippen LogP contribution in [0.25, 0.3) is 0 Å². The van der Waals surface area contributed by atoms with Gasteiger partial charge in [-0.15, -0.1) is 0 Å². The lowest BCUT2D eigenvalue weighted by Gasteiger charge is -2.17. The molecule has 1 saturated heterocycles. The maximum absolute atomic E-state index is 13.9. The van der Waals surface area contributed by atoms with Gasteiger partial charge in [-0.1, -0.05) is 25.5 Å². The molecule has 0 saturated carbocycles. The lowest BCUT2D eigenvalue weighted by Crippen LogP contribution is -2.25. The Labute approximate surface area is 112 Å². The van der Waals surface area contributed by atoms with Crippen LogP contribution in [-0.4, -0.2) is 17.4 Å². The lowest BCUT2D eigenvalue weighted by atomic mass is 10.0. The molecule has 1 aromatic rings. The third kappa shape index (κ3) is 2.93. The van der Waals surface area contributed by atoms with Crippen molar-refractivity contribution in [1.82, 2.24) is 4.90 Å². The van der Waals surface area contributed by atoms with Crippen LogP contribution in [0.4, 0.5) is 4.39 Å². The van der Waals surface area contributed by atoms with Gasteiger partial charge in [0.2, 0.25) is 5.91 Å². The Morgan fingerprint density at radius 2 is 2.32 bits per heavy atom. The summed E-state index contributed by atoms with van der Waals surface area (Å²) in [7, 11) is 0. The number of hydrogen-bond donors (Lipinski definition) is 0. The largest absolute Gasteiger partial charge is 0.338 e. The average Bonchev–Trinajstić information content (AvgIpc) is 2.73. The van der Waals surface area contributed by atoms with Gasteiger partial charge in [0.25, 0.3) is 0 Å². The van der Waals surface area contributed by atoms with Gasteiger partial charge >= 0.3 is 0 Å².